The van der Waals surface area contributed by atoms with Gasteiger partial charge in [-0.3, -0.25) is 9.59 Å². The van der Waals surface area contributed by atoms with E-state index in [2.05, 4.69) is 19.2 Å². The summed E-state index contributed by atoms with van der Waals surface area (Å²) in [5, 5.41) is 2.70. The number of ketones is 1. The number of carbonyl (C=O) groups is 2. The van der Waals surface area contributed by atoms with Crippen LogP contribution >= 0.6 is 0 Å². The molecule has 0 atom stereocenters. The van der Waals surface area contributed by atoms with Gasteiger partial charge in [0.05, 0.1) is 5.69 Å². The number of ether oxygens (including phenoxy) is 3. The van der Waals surface area contributed by atoms with Gasteiger partial charge >= 0.3 is 0 Å². The lowest BCUT2D eigenvalue weighted by Gasteiger charge is -2.12. The first-order valence-corrected chi connectivity index (χ1v) is 8.41. The van der Waals surface area contributed by atoms with E-state index in [1.165, 1.54) is 12.5 Å². The zero-order chi connectivity index (χ0) is 18.7. The van der Waals surface area contributed by atoms with Crippen molar-refractivity contribution in [2.75, 3.05) is 18.7 Å². The molecule has 1 aliphatic heterocycles. The van der Waals surface area contributed by atoms with Gasteiger partial charge in [-0.15, -0.1) is 0 Å². The van der Waals surface area contributed by atoms with Crippen LogP contribution in [0.25, 0.3) is 0 Å². The van der Waals surface area contributed by atoms with Gasteiger partial charge in [0.15, 0.2) is 23.9 Å². The SMILES string of the molecule is CC(=O)c1cc2c(cc1NC(=O)COc1ccc(C(C)C)cc1)OCO2. The van der Waals surface area contributed by atoms with Gasteiger partial charge in [0.1, 0.15) is 5.75 Å². The summed E-state index contributed by atoms with van der Waals surface area (Å²) in [6, 6.07) is 10.8. The molecule has 3 rings (SSSR count). The average molecular weight is 355 g/mol. The fraction of sp³-hybridized carbons (Fsp3) is 0.300. The Bertz CT molecular complexity index is 827. The van der Waals surface area contributed by atoms with Crippen molar-refractivity contribution < 1.29 is 23.8 Å². The summed E-state index contributed by atoms with van der Waals surface area (Å²) < 4.78 is 16.1. The highest BCUT2D eigenvalue weighted by molar-refractivity contribution is 6.04. The van der Waals surface area contributed by atoms with Gasteiger partial charge in [0, 0.05) is 11.6 Å². The molecule has 1 heterocycles. The maximum Gasteiger partial charge on any atom is 0.262 e. The molecule has 136 valence electrons. The summed E-state index contributed by atoms with van der Waals surface area (Å²) in [5.74, 6) is 1.50. The molecule has 0 bridgehead atoms. The average Bonchev–Trinajstić information content (AvgIpc) is 3.06. The molecule has 0 unspecified atom stereocenters. The zero-order valence-electron chi connectivity index (χ0n) is 15.0. The summed E-state index contributed by atoms with van der Waals surface area (Å²) in [6.07, 6.45) is 0. The highest BCUT2D eigenvalue weighted by Gasteiger charge is 2.20. The van der Waals surface area contributed by atoms with Crippen molar-refractivity contribution in [2.24, 2.45) is 0 Å². The first kappa shape index (κ1) is 17.8. The molecule has 0 fully saturated rings. The van der Waals surface area contributed by atoms with Crippen LogP contribution in [0.1, 0.15) is 42.6 Å². The third-order valence-electron chi connectivity index (χ3n) is 4.08. The Balaban J connectivity index is 1.65. The minimum absolute atomic E-state index is 0.0968. The van der Waals surface area contributed by atoms with Crippen LogP contribution < -0.4 is 19.5 Å². The maximum absolute atomic E-state index is 12.2. The fourth-order valence-electron chi connectivity index (χ4n) is 2.62. The molecule has 0 aromatic heterocycles. The standard InChI is InChI=1S/C20H21NO5/c1-12(2)14-4-6-15(7-5-14)24-10-20(23)21-17-9-19-18(25-11-26-19)8-16(17)13(3)22/h4-9,12H,10-11H2,1-3H3,(H,21,23). The van der Waals surface area contributed by atoms with E-state index < -0.39 is 0 Å². The van der Waals surface area contributed by atoms with Crippen LogP contribution in [0.2, 0.25) is 0 Å². The van der Waals surface area contributed by atoms with E-state index in [0.29, 0.717) is 34.4 Å². The molecule has 1 N–H and O–H groups in total. The third-order valence-corrected chi connectivity index (χ3v) is 4.08. The smallest absolute Gasteiger partial charge is 0.262 e. The first-order valence-electron chi connectivity index (χ1n) is 8.41. The molecule has 0 spiro atoms. The van der Waals surface area contributed by atoms with Gasteiger partial charge in [0.25, 0.3) is 5.91 Å². The molecule has 26 heavy (non-hydrogen) atoms. The monoisotopic (exact) mass is 355 g/mol. The van der Waals surface area contributed by atoms with E-state index >= 15 is 0 Å². The number of rotatable bonds is 6. The van der Waals surface area contributed by atoms with E-state index in [9.17, 15) is 9.59 Å². The lowest BCUT2D eigenvalue weighted by atomic mass is 10.0. The number of benzene rings is 2. The molecule has 0 aliphatic carbocycles. The van der Waals surface area contributed by atoms with E-state index in [0.717, 1.165) is 0 Å². The number of hydrogen-bond donors (Lipinski definition) is 1. The lowest BCUT2D eigenvalue weighted by Crippen LogP contribution is -2.21. The molecule has 0 saturated heterocycles. The summed E-state index contributed by atoms with van der Waals surface area (Å²) in [4.78, 5) is 24.1. The number of Topliss-reactive ketones (excluding diaryl/α,β-unsaturated/α-hetero) is 1. The fourth-order valence-corrected chi connectivity index (χ4v) is 2.62. The van der Waals surface area contributed by atoms with Crippen LogP contribution in [0, 0.1) is 0 Å². The largest absolute Gasteiger partial charge is 0.484 e. The third kappa shape index (κ3) is 3.96. The second-order valence-corrected chi connectivity index (χ2v) is 6.37. The molecule has 2 aromatic rings. The first-order chi connectivity index (χ1) is 12.4. The normalized spacial score (nSPS) is 12.2. The van der Waals surface area contributed by atoms with Crippen LogP contribution in [-0.4, -0.2) is 25.1 Å². The molecule has 1 amide bonds. The van der Waals surface area contributed by atoms with E-state index in [1.54, 1.807) is 12.1 Å². The Hall–Kier alpha value is -3.02. The second-order valence-electron chi connectivity index (χ2n) is 6.37. The van der Waals surface area contributed by atoms with Crippen molar-refractivity contribution in [3.63, 3.8) is 0 Å². The van der Waals surface area contributed by atoms with Crippen molar-refractivity contribution in [2.45, 2.75) is 26.7 Å². The zero-order valence-corrected chi connectivity index (χ0v) is 15.0. The van der Waals surface area contributed by atoms with Crippen LogP contribution in [0.3, 0.4) is 0 Å². The summed E-state index contributed by atoms with van der Waals surface area (Å²) in [5.41, 5.74) is 1.95. The van der Waals surface area contributed by atoms with Crippen molar-refractivity contribution in [3.8, 4) is 17.2 Å². The Morgan fingerprint density at radius 2 is 1.77 bits per heavy atom. The quantitative estimate of drug-likeness (QED) is 0.799. The summed E-state index contributed by atoms with van der Waals surface area (Å²) in [7, 11) is 0. The highest BCUT2D eigenvalue weighted by atomic mass is 16.7. The van der Waals surface area contributed by atoms with Crippen LogP contribution in [0.4, 0.5) is 5.69 Å². The Labute approximate surface area is 152 Å². The number of fused-ring (bicyclic) bond motifs is 1. The van der Waals surface area contributed by atoms with Gasteiger partial charge in [-0.2, -0.15) is 0 Å². The van der Waals surface area contributed by atoms with Gasteiger partial charge in [-0.05, 0) is 36.6 Å². The van der Waals surface area contributed by atoms with Gasteiger partial charge in [-0.1, -0.05) is 26.0 Å². The minimum Gasteiger partial charge on any atom is -0.484 e. The van der Waals surface area contributed by atoms with E-state index in [-0.39, 0.29) is 25.1 Å². The summed E-state index contributed by atoms with van der Waals surface area (Å²) >= 11 is 0. The highest BCUT2D eigenvalue weighted by Crippen LogP contribution is 2.37. The molecule has 6 nitrogen and oxygen atoms in total. The number of hydrogen-bond acceptors (Lipinski definition) is 5. The predicted molar refractivity (Wildman–Crippen MR) is 97.2 cm³/mol. The molecule has 0 radical (unpaired) electrons. The molecule has 2 aromatic carbocycles. The predicted octanol–water partition coefficient (Wildman–Crippen LogP) is 3.76. The minimum atomic E-state index is -0.362. The van der Waals surface area contributed by atoms with Crippen molar-refractivity contribution in [3.05, 3.63) is 47.5 Å². The maximum atomic E-state index is 12.2. The molecule has 0 saturated carbocycles. The van der Waals surface area contributed by atoms with Crippen LogP contribution in [0.5, 0.6) is 17.2 Å². The van der Waals surface area contributed by atoms with Gasteiger partial charge in [-0.25, -0.2) is 0 Å². The summed E-state index contributed by atoms with van der Waals surface area (Å²) in [6.45, 7) is 5.59. The Morgan fingerprint density at radius 1 is 1.12 bits per heavy atom. The van der Waals surface area contributed by atoms with Crippen molar-refractivity contribution in [1.29, 1.82) is 0 Å². The number of carbonyl (C=O) groups excluding carboxylic acids is 2. The molecule has 6 heteroatoms. The van der Waals surface area contributed by atoms with E-state index in [1.807, 2.05) is 24.3 Å². The van der Waals surface area contributed by atoms with Crippen LogP contribution in [0.15, 0.2) is 36.4 Å². The number of amides is 1. The second kappa shape index (κ2) is 7.47. The Kier molecular flexibility index (Phi) is 5.11. The van der Waals surface area contributed by atoms with Gasteiger partial charge < -0.3 is 19.5 Å². The number of nitrogens with one attached hydrogen (secondary N) is 1. The lowest BCUT2D eigenvalue weighted by molar-refractivity contribution is -0.118. The topological polar surface area (TPSA) is 73.9 Å². The Morgan fingerprint density at radius 3 is 2.38 bits per heavy atom. The molecular formula is C20H21NO5. The number of anilines is 1. The molecular weight excluding hydrogens is 334 g/mol. The molecule has 1 aliphatic rings. The van der Waals surface area contributed by atoms with Gasteiger partial charge in [0.2, 0.25) is 6.79 Å². The van der Waals surface area contributed by atoms with E-state index in [4.69, 9.17) is 14.2 Å². The van der Waals surface area contributed by atoms with Crippen LogP contribution in [-0.2, 0) is 4.79 Å². The van der Waals surface area contributed by atoms with Crippen molar-refractivity contribution in [1.82, 2.24) is 0 Å². The van der Waals surface area contributed by atoms with Crippen molar-refractivity contribution >= 4 is 17.4 Å².